The van der Waals surface area contributed by atoms with Gasteiger partial charge >= 0.3 is 5.97 Å². The van der Waals surface area contributed by atoms with Gasteiger partial charge in [-0.25, -0.2) is 9.78 Å². The summed E-state index contributed by atoms with van der Waals surface area (Å²) in [6, 6.07) is 0. The lowest BCUT2D eigenvalue weighted by atomic mass is 10.5. The fourth-order valence-electron chi connectivity index (χ4n) is 0.971. The number of hydrogen-bond acceptors (Lipinski definition) is 5. The average molecular weight is 210 g/mol. The normalized spacial score (nSPS) is 10.4. The second-order valence-corrected chi connectivity index (χ2v) is 3.36. The molecule has 2 aromatic heterocycles. The molecule has 2 heterocycles. The minimum absolute atomic E-state index is 0.0203. The Labute approximate surface area is 83.0 Å². The van der Waals surface area contributed by atoms with Gasteiger partial charge < -0.3 is 5.11 Å². The largest absolute Gasteiger partial charge is 0.476 e. The molecule has 14 heavy (non-hydrogen) atoms. The van der Waals surface area contributed by atoms with Crippen molar-refractivity contribution in [1.29, 1.82) is 0 Å². The Balaban J connectivity index is 2.43. The minimum Gasteiger partial charge on any atom is -0.476 e. The number of imidazole rings is 1. The Morgan fingerprint density at radius 3 is 2.93 bits per heavy atom. The summed E-state index contributed by atoms with van der Waals surface area (Å²) in [5.41, 5.74) is 0.861. The van der Waals surface area contributed by atoms with Crippen LogP contribution in [0.25, 0.3) is 5.95 Å². The Kier molecular flexibility index (Phi) is 2.01. The summed E-state index contributed by atoms with van der Waals surface area (Å²) in [6.45, 7) is 1.84. The molecule has 0 bridgehead atoms. The zero-order valence-electron chi connectivity index (χ0n) is 7.21. The lowest BCUT2D eigenvalue weighted by molar-refractivity contribution is 0.0696. The van der Waals surface area contributed by atoms with Crippen LogP contribution in [0.1, 0.15) is 15.5 Å². The third-order valence-electron chi connectivity index (χ3n) is 1.64. The van der Waals surface area contributed by atoms with Gasteiger partial charge in [0.1, 0.15) is 6.33 Å². The predicted molar refractivity (Wildman–Crippen MR) is 48.7 cm³/mol. The monoisotopic (exact) mass is 210 g/mol. The molecule has 0 atom stereocenters. The van der Waals surface area contributed by atoms with Crippen LogP contribution >= 0.6 is 11.5 Å². The van der Waals surface area contributed by atoms with Crippen LogP contribution in [0.2, 0.25) is 0 Å². The van der Waals surface area contributed by atoms with Gasteiger partial charge in [-0.05, 0) is 18.5 Å². The molecule has 0 aliphatic heterocycles. The van der Waals surface area contributed by atoms with Crippen molar-refractivity contribution >= 4 is 17.5 Å². The van der Waals surface area contributed by atoms with Gasteiger partial charge in [-0.15, -0.1) is 0 Å². The van der Waals surface area contributed by atoms with Gasteiger partial charge in [-0.3, -0.25) is 4.57 Å². The first-order valence-corrected chi connectivity index (χ1v) is 4.52. The van der Waals surface area contributed by atoms with Crippen LogP contribution in [-0.4, -0.2) is 30.0 Å². The Bertz CT molecular complexity index is 475. The standard InChI is InChI=1S/C7H6N4O2S/c1-4-2-8-3-11(4)7-9-5(6(12)13)14-10-7/h2-3H,1H3,(H,12,13). The highest BCUT2D eigenvalue weighted by Gasteiger charge is 2.12. The number of hydrogen-bond donors (Lipinski definition) is 1. The molecule has 0 spiro atoms. The molecule has 72 valence electrons. The van der Waals surface area contributed by atoms with Crippen molar-refractivity contribution < 1.29 is 9.90 Å². The van der Waals surface area contributed by atoms with Gasteiger partial charge in [-0.2, -0.15) is 9.36 Å². The second kappa shape index (κ2) is 3.18. The second-order valence-electron chi connectivity index (χ2n) is 2.61. The van der Waals surface area contributed by atoms with E-state index >= 15 is 0 Å². The Morgan fingerprint density at radius 2 is 2.43 bits per heavy atom. The van der Waals surface area contributed by atoms with E-state index in [0.29, 0.717) is 5.95 Å². The Morgan fingerprint density at radius 1 is 1.64 bits per heavy atom. The summed E-state index contributed by atoms with van der Waals surface area (Å²) in [5, 5.41) is 8.63. The molecule has 0 aliphatic rings. The molecule has 7 heteroatoms. The molecular weight excluding hydrogens is 204 g/mol. The van der Waals surface area contributed by atoms with Crippen molar-refractivity contribution in [3.63, 3.8) is 0 Å². The maximum Gasteiger partial charge on any atom is 0.366 e. The van der Waals surface area contributed by atoms with Crippen LogP contribution in [0.5, 0.6) is 0 Å². The van der Waals surface area contributed by atoms with Crippen molar-refractivity contribution in [2.75, 3.05) is 0 Å². The zero-order valence-corrected chi connectivity index (χ0v) is 8.02. The molecule has 0 aromatic carbocycles. The van der Waals surface area contributed by atoms with E-state index in [9.17, 15) is 4.79 Å². The molecular formula is C7H6N4O2S. The number of carboxylic acids is 1. The van der Waals surface area contributed by atoms with Crippen LogP contribution in [0.15, 0.2) is 12.5 Å². The van der Waals surface area contributed by atoms with Gasteiger partial charge in [0.25, 0.3) is 0 Å². The molecule has 0 saturated heterocycles. The lowest BCUT2D eigenvalue weighted by Crippen LogP contribution is -1.99. The van der Waals surface area contributed by atoms with Crippen molar-refractivity contribution in [2.45, 2.75) is 6.92 Å². The molecule has 0 radical (unpaired) electrons. The molecule has 0 saturated carbocycles. The molecule has 0 fully saturated rings. The van der Waals surface area contributed by atoms with E-state index in [1.165, 1.54) is 0 Å². The molecule has 2 aromatic rings. The summed E-state index contributed by atoms with van der Waals surface area (Å²) in [4.78, 5) is 18.3. The maximum atomic E-state index is 10.6. The fraction of sp³-hybridized carbons (Fsp3) is 0.143. The number of nitrogens with zero attached hydrogens (tertiary/aromatic N) is 4. The van der Waals surface area contributed by atoms with E-state index in [1.807, 2.05) is 6.92 Å². The van der Waals surface area contributed by atoms with Gasteiger partial charge in [-0.1, -0.05) is 0 Å². The number of aromatic nitrogens is 4. The van der Waals surface area contributed by atoms with Gasteiger partial charge in [0.15, 0.2) is 0 Å². The van der Waals surface area contributed by atoms with E-state index in [-0.39, 0.29) is 5.01 Å². The number of aromatic carboxylic acids is 1. The highest BCUT2D eigenvalue weighted by molar-refractivity contribution is 7.07. The van der Waals surface area contributed by atoms with E-state index in [0.717, 1.165) is 17.2 Å². The summed E-state index contributed by atoms with van der Waals surface area (Å²) in [5.74, 6) is -0.714. The van der Waals surface area contributed by atoms with Crippen LogP contribution in [-0.2, 0) is 0 Å². The van der Waals surface area contributed by atoms with Crippen molar-refractivity contribution in [3.05, 3.63) is 23.2 Å². The molecule has 0 unspecified atom stereocenters. The summed E-state index contributed by atoms with van der Waals surface area (Å²) in [6.07, 6.45) is 3.20. The Hall–Kier alpha value is -1.76. The van der Waals surface area contributed by atoms with Gasteiger partial charge in [0, 0.05) is 11.9 Å². The number of carboxylic acid groups (broad SMARTS) is 1. The number of carbonyl (C=O) groups is 1. The van der Waals surface area contributed by atoms with Crippen LogP contribution in [0.4, 0.5) is 0 Å². The first-order valence-electron chi connectivity index (χ1n) is 3.75. The smallest absolute Gasteiger partial charge is 0.366 e. The maximum absolute atomic E-state index is 10.6. The van der Waals surface area contributed by atoms with E-state index in [4.69, 9.17) is 5.11 Å². The highest BCUT2D eigenvalue weighted by Crippen LogP contribution is 2.10. The van der Waals surface area contributed by atoms with Crippen molar-refractivity contribution in [2.24, 2.45) is 0 Å². The molecule has 0 aliphatic carbocycles. The van der Waals surface area contributed by atoms with Crippen molar-refractivity contribution in [3.8, 4) is 5.95 Å². The lowest BCUT2D eigenvalue weighted by Gasteiger charge is -1.95. The SMILES string of the molecule is Cc1cncn1-c1nsc(C(=O)O)n1. The average Bonchev–Trinajstić information content (AvgIpc) is 2.71. The number of aryl methyl sites for hydroxylation is 1. The minimum atomic E-state index is -1.06. The first-order chi connectivity index (χ1) is 6.68. The fourth-order valence-corrected chi connectivity index (χ4v) is 1.47. The van der Waals surface area contributed by atoms with E-state index < -0.39 is 5.97 Å². The van der Waals surface area contributed by atoms with E-state index in [2.05, 4.69) is 14.3 Å². The third-order valence-corrected chi connectivity index (χ3v) is 2.33. The topological polar surface area (TPSA) is 80.9 Å². The summed E-state index contributed by atoms with van der Waals surface area (Å²) >= 11 is 0.855. The molecule has 0 amide bonds. The third kappa shape index (κ3) is 1.37. The van der Waals surface area contributed by atoms with Crippen LogP contribution < -0.4 is 0 Å². The van der Waals surface area contributed by atoms with Crippen molar-refractivity contribution in [1.82, 2.24) is 18.9 Å². The first kappa shape index (κ1) is 8.82. The molecule has 6 nitrogen and oxygen atoms in total. The quantitative estimate of drug-likeness (QED) is 0.790. The number of rotatable bonds is 2. The summed E-state index contributed by atoms with van der Waals surface area (Å²) < 4.78 is 5.54. The predicted octanol–water partition coefficient (Wildman–Crippen LogP) is 0.730. The highest BCUT2D eigenvalue weighted by atomic mass is 32.1. The zero-order chi connectivity index (χ0) is 10.1. The molecule has 2 rings (SSSR count). The van der Waals surface area contributed by atoms with E-state index in [1.54, 1.807) is 17.1 Å². The van der Waals surface area contributed by atoms with Gasteiger partial charge in [0.05, 0.1) is 0 Å². The summed E-state index contributed by atoms with van der Waals surface area (Å²) in [7, 11) is 0. The molecule has 1 N–H and O–H groups in total. The van der Waals surface area contributed by atoms with Crippen LogP contribution in [0, 0.1) is 6.92 Å². The van der Waals surface area contributed by atoms with Gasteiger partial charge in [0.2, 0.25) is 11.0 Å². The van der Waals surface area contributed by atoms with Crippen LogP contribution in [0.3, 0.4) is 0 Å².